The van der Waals surface area contributed by atoms with Gasteiger partial charge < -0.3 is 4.74 Å². The van der Waals surface area contributed by atoms with Crippen LogP contribution in [0.25, 0.3) is 11.3 Å². The number of carbonyl (C=O) groups excluding carboxylic acids is 1. The number of benzene rings is 2. The Balaban J connectivity index is 1.84. The number of amides is 1. The number of aryl methyl sites for hydroxylation is 1. The molecule has 6 nitrogen and oxygen atoms in total. The lowest BCUT2D eigenvalue weighted by atomic mass is 10.0. The molecule has 1 aromatic heterocycles. The van der Waals surface area contributed by atoms with Gasteiger partial charge in [0.05, 0.1) is 5.69 Å². The fraction of sp³-hybridized carbons (Fsp3) is 0.333. The summed E-state index contributed by atoms with van der Waals surface area (Å²) in [5.41, 5.74) is 3.83. The van der Waals surface area contributed by atoms with Crippen LogP contribution in [0.4, 0.5) is 5.69 Å². The van der Waals surface area contributed by atoms with Gasteiger partial charge in [0, 0.05) is 28.8 Å². The maximum absolute atomic E-state index is 12.8. The molecule has 0 saturated carbocycles. The van der Waals surface area contributed by atoms with Crippen LogP contribution in [0.15, 0.2) is 47.6 Å². The first-order chi connectivity index (χ1) is 15.3. The van der Waals surface area contributed by atoms with Crippen LogP contribution in [-0.4, -0.2) is 26.8 Å². The molecule has 0 unspecified atom stereocenters. The lowest BCUT2D eigenvalue weighted by Crippen LogP contribution is -2.36. The second-order valence-corrected chi connectivity index (χ2v) is 9.71. The molecule has 0 aliphatic carbocycles. The molecular weight excluding hydrogens is 444 g/mol. The molecule has 0 bridgehead atoms. The molecule has 3 aromatic rings. The number of ether oxygens (including phenoxy) is 1. The lowest BCUT2D eigenvalue weighted by molar-refractivity contribution is -0.118. The van der Waals surface area contributed by atoms with E-state index in [1.165, 1.54) is 6.92 Å². The normalized spacial score (nSPS) is 15.1. The Morgan fingerprint density at radius 3 is 2.62 bits per heavy atom. The number of thioether (sulfide) groups is 1. The first-order valence-electron chi connectivity index (χ1n) is 10.5. The fourth-order valence-electron chi connectivity index (χ4n) is 3.51. The van der Waals surface area contributed by atoms with E-state index in [4.69, 9.17) is 16.3 Å². The number of anilines is 1. The van der Waals surface area contributed by atoms with Crippen molar-refractivity contribution < 1.29 is 9.53 Å². The zero-order valence-corrected chi connectivity index (χ0v) is 20.1. The molecular formula is C24H25ClN4O2S. The van der Waals surface area contributed by atoms with Crippen LogP contribution in [0.2, 0.25) is 5.02 Å². The Hall–Kier alpha value is -2.64. The van der Waals surface area contributed by atoms with Gasteiger partial charge in [0.2, 0.25) is 23.2 Å². The summed E-state index contributed by atoms with van der Waals surface area (Å²) in [6.07, 6.45) is 0.345. The Morgan fingerprint density at radius 2 is 1.94 bits per heavy atom. The molecule has 1 amide bonds. The third-order valence-electron chi connectivity index (χ3n) is 5.18. The quantitative estimate of drug-likeness (QED) is 0.422. The second kappa shape index (κ2) is 9.46. The fourth-order valence-corrected chi connectivity index (χ4v) is 4.65. The molecule has 0 saturated heterocycles. The number of aromatic nitrogens is 3. The van der Waals surface area contributed by atoms with Gasteiger partial charge >= 0.3 is 0 Å². The van der Waals surface area contributed by atoms with E-state index in [9.17, 15) is 4.79 Å². The average molecular weight is 469 g/mol. The lowest BCUT2D eigenvalue weighted by Gasteiger charge is -2.30. The van der Waals surface area contributed by atoms with E-state index < -0.39 is 6.23 Å². The number of fused-ring (bicyclic) bond motifs is 3. The van der Waals surface area contributed by atoms with Gasteiger partial charge in [0.15, 0.2) is 5.69 Å². The van der Waals surface area contributed by atoms with Crippen LogP contribution in [-0.2, 0) is 4.79 Å². The molecule has 0 radical (unpaired) electrons. The molecule has 8 heteroatoms. The summed E-state index contributed by atoms with van der Waals surface area (Å²) < 4.78 is 6.38. The minimum atomic E-state index is -0.710. The number of hydrogen-bond acceptors (Lipinski definition) is 6. The highest BCUT2D eigenvalue weighted by atomic mass is 35.5. The smallest absolute Gasteiger partial charge is 0.247 e. The maximum atomic E-state index is 12.8. The Kier molecular flexibility index (Phi) is 6.67. The predicted octanol–water partition coefficient (Wildman–Crippen LogP) is 6.08. The van der Waals surface area contributed by atoms with Gasteiger partial charge in [-0.25, -0.2) is 0 Å². The highest BCUT2D eigenvalue weighted by molar-refractivity contribution is 7.99. The van der Waals surface area contributed by atoms with Crippen molar-refractivity contribution in [2.75, 3.05) is 10.7 Å². The maximum Gasteiger partial charge on any atom is 0.247 e. The zero-order valence-electron chi connectivity index (χ0n) is 18.5. The summed E-state index contributed by atoms with van der Waals surface area (Å²) in [5, 5.41) is 9.99. The largest absolute Gasteiger partial charge is 0.447 e. The number of hydrogen-bond donors (Lipinski definition) is 0. The van der Waals surface area contributed by atoms with Crippen molar-refractivity contribution in [3.05, 3.63) is 58.6 Å². The zero-order chi connectivity index (χ0) is 22.8. The van der Waals surface area contributed by atoms with Gasteiger partial charge in [-0.2, -0.15) is 4.98 Å². The van der Waals surface area contributed by atoms with Crippen molar-refractivity contribution in [3.63, 3.8) is 0 Å². The summed E-state index contributed by atoms with van der Waals surface area (Å²) in [5.74, 6) is 1.71. The number of rotatable bonds is 5. The molecule has 166 valence electrons. The van der Waals surface area contributed by atoms with E-state index in [1.54, 1.807) is 28.8 Å². The van der Waals surface area contributed by atoms with Gasteiger partial charge in [-0.05, 0) is 43.5 Å². The number of nitrogens with zero attached hydrogens (tertiary/aromatic N) is 4. The van der Waals surface area contributed by atoms with Crippen LogP contribution in [0.1, 0.15) is 44.5 Å². The van der Waals surface area contributed by atoms with Crippen LogP contribution in [0, 0.1) is 12.8 Å². The van der Waals surface area contributed by atoms with Gasteiger partial charge in [-0.15, -0.1) is 10.2 Å². The van der Waals surface area contributed by atoms with Crippen LogP contribution >= 0.6 is 23.4 Å². The highest BCUT2D eigenvalue weighted by Gasteiger charge is 2.34. The Labute approximate surface area is 197 Å². The average Bonchev–Trinajstić information content (AvgIpc) is 2.88. The topological polar surface area (TPSA) is 68.2 Å². The standard InChI is InChI=1S/C24H25ClN4O2S/c1-14(2)11-12-32-24-26-22-21(27-28-24)19-13-15(3)5-10-20(19)29(16(4)30)23(31-22)17-6-8-18(25)9-7-17/h5-10,13-14,23H,11-12H2,1-4H3/t23-/m0/s1. The van der Waals surface area contributed by atoms with Crippen molar-refractivity contribution in [2.45, 2.75) is 45.5 Å². The van der Waals surface area contributed by atoms with Gasteiger partial charge in [0.25, 0.3) is 0 Å². The van der Waals surface area contributed by atoms with E-state index in [0.29, 0.717) is 33.4 Å². The van der Waals surface area contributed by atoms with Crippen LogP contribution < -0.4 is 9.64 Å². The molecule has 1 atom stereocenters. The molecule has 0 fully saturated rings. The second-order valence-electron chi connectivity index (χ2n) is 8.21. The van der Waals surface area contributed by atoms with Crippen molar-refractivity contribution in [3.8, 4) is 17.1 Å². The van der Waals surface area contributed by atoms with E-state index in [0.717, 1.165) is 28.9 Å². The van der Waals surface area contributed by atoms with Gasteiger partial charge in [0.1, 0.15) is 0 Å². The van der Waals surface area contributed by atoms with Crippen molar-refractivity contribution >= 4 is 35.0 Å². The minimum absolute atomic E-state index is 0.151. The Bertz CT molecular complexity index is 1140. The van der Waals surface area contributed by atoms with E-state index in [-0.39, 0.29) is 5.91 Å². The van der Waals surface area contributed by atoms with Crippen molar-refractivity contribution in [1.29, 1.82) is 0 Å². The first kappa shape index (κ1) is 22.6. The van der Waals surface area contributed by atoms with Crippen molar-refractivity contribution in [1.82, 2.24) is 15.2 Å². The monoisotopic (exact) mass is 468 g/mol. The summed E-state index contributed by atoms with van der Waals surface area (Å²) in [6.45, 7) is 7.90. The highest BCUT2D eigenvalue weighted by Crippen LogP contribution is 2.44. The first-order valence-corrected chi connectivity index (χ1v) is 11.9. The molecule has 1 aliphatic heterocycles. The summed E-state index contributed by atoms with van der Waals surface area (Å²) in [7, 11) is 0. The third-order valence-corrected chi connectivity index (χ3v) is 6.30. The van der Waals surface area contributed by atoms with Crippen LogP contribution in [0.5, 0.6) is 5.88 Å². The van der Waals surface area contributed by atoms with Gasteiger partial charge in [-0.1, -0.05) is 61.0 Å². The molecule has 0 N–H and O–H groups in total. The molecule has 2 heterocycles. The number of carbonyl (C=O) groups is 1. The minimum Gasteiger partial charge on any atom is -0.447 e. The van der Waals surface area contributed by atoms with Gasteiger partial charge in [-0.3, -0.25) is 9.69 Å². The summed E-state index contributed by atoms with van der Waals surface area (Å²) in [4.78, 5) is 19.2. The van der Waals surface area contributed by atoms with E-state index >= 15 is 0 Å². The van der Waals surface area contributed by atoms with E-state index in [1.807, 2.05) is 37.3 Å². The Morgan fingerprint density at radius 1 is 1.19 bits per heavy atom. The van der Waals surface area contributed by atoms with Crippen molar-refractivity contribution in [2.24, 2.45) is 5.92 Å². The number of halogens is 1. The van der Waals surface area contributed by atoms with Crippen LogP contribution in [0.3, 0.4) is 0 Å². The summed E-state index contributed by atoms with van der Waals surface area (Å²) >= 11 is 7.65. The third kappa shape index (κ3) is 4.74. The molecule has 32 heavy (non-hydrogen) atoms. The molecule has 4 rings (SSSR count). The van der Waals surface area contributed by atoms with E-state index in [2.05, 4.69) is 29.0 Å². The summed E-state index contributed by atoms with van der Waals surface area (Å²) in [6, 6.07) is 13.1. The molecule has 0 spiro atoms. The molecule has 2 aromatic carbocycles. The molecule has 1 aliphatic rings. The SMILES string of the molecule is CC(=O)N1c2ccc(C)cc2-c2nnc(SCCC(C)C)nc2O[C@H]1c1ccc(Cl)cc1. The predicted molar refractivity (Wildman–Crippen MR) is 128 cm³/mol.